The summed E-state index contributed by atoms with van der Waals surface area (Å²) in [5.41, 5.74) is 2.11. The predicted molar refractivity (Wildman–Crippen MR) is 98.9 cm³/mol. The van der Waals surface area contributed by atoms with Crippen LogP contribution in [0.3, 0.4) is 0 Å². The van der Waals surface area contributed by atoms with Gasteiger partial charge < -0.3 is 14.7 Å². The van der Waals surface area contributed by atoms with Crippen LogP contribution in [-0.4, -0.2) is 37.3 Å². The molecule has 1 fully saturated rings. The number of ether oxygens (including phenoxy) is 1. The molecule has 2 aromatic rings. The first-order chi connectivity index (χ1) is 11.6. The fourth-order valence-corrected chi connectivity index (χ4v) is 5.09. The van der Waals surface area contributed by atoms with E-state index in [-0.39, 0.29) is 5.92 Å². The molecule has 1 saturated heterocycles. The highest BCUT2D eigenvalue weighted by molar-refractivity contribution is 7.11. The van der Waals surface area contributed by atoms with Gasteiger partial charge in [0, 0.05) is 5.56 Å². The Balaban J connectivity index is 1.92. The molecule has 1 aromatic heterocycles. The molecule has 2 heterocycles. The van der Waals surface area contributed by atoms with E-state index in [1.54, 1.807) is 18.4 Å². The molecule has 0 radical (unpaired) electrons. The van der Waals surface area contributed by atoms with E-state index >= 15 is 0 Å². The highest BCUT2D eigenvalue weighted by atomic mass is 32.1. The lowest BCUT2D eigenvalue weighted by Crippen LogP contribution is -2.43. The fourth-order valence-electron chi connectivity index (χ4n) is 4.14. The summed E-state index contributed by atoms with van der Waals surface area (Å²) in [6.45, 7) is 2.05. The molecule has 4 rings (SSSR count). The second kappa shape index (κ2) is 6.03. The number of thiophene rings is 1. The van der Waals surface area contributed by atoms with Crippen LogP contribution < -0.4 is 0 Å². The van der Waals surface area contributed by atoms with Crippen LogP contribution in [-0.2, 0) is 10.3 Å². The average molecular weight is 341 g/mol. The smallest absolute Gasteiger partial charge is 0.137 e. The molecule has 3 nitrogen and oxygen atoms in total. The number of aliphatic hydroxyl groups is 1. The van der Waals surface area contributed by atoms with Gasteiger partial charge in [-0.15, -0.1) is 11.3 Å². The lowest BCUT2D eigenvalue weighted by Gasteiger charge is -2.41. The largest absolute Gasteiger partial charge is 0.495 e. The van der Waals surface area contributed by atoms with Crippen molar-refractivity contribution >= 4 is 23.2 Å². The zero-order valence-electron chi connectivity index (χ0n) is 14.2. The van der Waals surface area contributed by atoms with Gasteiger partial charge >= 0.3 is 0 Å². The van der Waals surface area contributed by atoms with Crippen molar-refractivity contribution in [2.75, 3.05) is 27.2 Å². The number of hydrogen-bond donors (Lipinski definition) is 1. The zero-order chi connectivity index (χ0) is 16.7. The summed E-state index contributed by atoms with van der Waals surface area (Å²) < 4.78 is 5.66. The van der Waals surface area contributed by atoms with Gasteiger partial charge in [-0.1, -0.05) is 24.3 Å². The Hall–Kier alpha value is -1.62. The molecule has 24 heavy (non-hydrogen) atoms. The minimum Gasteiger partial charge on any atom is -0.495 e. The van der Waals surface area contributed by atoms with Crippen molar-refractivity contribution in [2.24, 2.45) is 5.92 Å². The molecule has 1 N–H and O–H groups in total. The Labute approximate surface area is 147 Å². The highest BCUT2D eigenvalue weighted by Crippen LogP contribution is 2.49. The van der Waals surface area contributed by atoms with Gasteiger partial charge in [-0.05, 0) is 67.5 Å². The van der Waals surface area contributed by atoms with E-state index in [0.717, 1.165) is 53.3 Å². The lowest BCUT2D eigenvalue weighted by molar-refractivity contribution is -0.0108. The third-order valence-corrected chi connectivity index (χ3v) is 6.42. The van der Waals surface area contributed by atoms with Crippen LogP contribution >= 0.6 is 11.3 Å². The topological polar surface area (TPSA) is 32.7 Å². The van der Waals surface area contributed by atoms with E-state index in [2.05, 4.69) is 41.6 Å². The van der Waals surface area contributed by atoms with E-state index < -0.39 is 5.60 Å². The number of nitrogens with zero attached hydrogens (tertiary/aromatic N) is 1. The third-order valence-electron chi connectivity index (χ3n) is 5.49. The van der Waals surface area contributed by atoms with Gasteiger partial charge in [-0.2, -0.15) is 0 Å². The third kappa shape index (κ3) is 2.32. The van der Waals surface area contributed by atoms with E-state index in [1.165, 1.54) is 0 Å². The number of rotatable bonds is 2. The molecular weight excluding hydrogens is 318 g/mol. The van der Waals surface area contributed by atoms with E-state index in [1.807, 2.05) is 12.1 Å². The maximum absolute atomic E-state index is 12.1. The molecular formula is C20H23NO2S. The van der Waals surface area contributed by atoms with Gasteiger partial charge in [-0.3, -0.25) is 0 Å². The summed E-state index contributed by atoms with van der Waals surface area (Å²) in [5, 5.41) is 14.1. The molecule has 4 heteroatoms. The predicted octanol–water partition coefficient (Wildman–Crippen LogP) is 3.78. The van der Waals surface area contributed by atoms with Crippen molar-refractivity contribution in [2.45, 2.75) is 18.4 Å². The van der Waals surface area contributed by atoms with Gasteiger partial charge in [0.1, 0.15) is 11.4 Å². The van der Waals surface area contributed by atoms with Crippen LogP contribution in [0.4, 0.5) is 0 Å². The minimum atomic E-state index is -0.954. The van der Waals surface area contributed by atoms with Crippen molar-refractivity contribution in [1.29, 1.82) is 0 Å². The van der Waals surface area contributed by atoms with Crippen molar-refractivity contribution in [3.63, 3.8) is 0 Å². The molecule has 2 aliphatic rings. The number of methoxy groups -OCH3 is 1. The number of hydrogen-bond acceptors (Lipinski definition) is 4. The molecule has 0 amide bonds. The van der Waals surface area contributed by atoms with Crippen LogP contribution in [0.25, 0.3) is 11.8 Å². The van der Waals surface area contributed by atoms with E-state index in [9.17, 15) is 5.11 Å². The Morgan fingerprint density at radius 1 is 1.17 bits per heavy atom. The summed E-state index contributed by atoms with van der Waals surface area (Å²) in [6, 6.07) is 10.3. The molecule has 1 aromatic carbocycles. The van der Waals surface area contributed by atoms with Crippen LogP contribution in [0.5, 0.6) is 0 Å². The zero-order valence-corrected chi connectivity index (χ0v) is 15.0. The summed E-state index contributed by atoms with van der Waals surface area (Å²) in [6.07, 6.45) is 4.06. The van der Waals surface area contributed by atoms with E-state index in [0.29, 0.717) is 0 Å². The molecule has 0 saturated carbocycles. The molecule has 0 bridgehead atoms. The SMILES string of the molecule is COC1=Cc2ccccc2[C@@](O)(C2CCN(C)CC2)c2ccsc21. The van der Waals surface area contributed by atoms with Gasteiger partial charge in [0.15, 0.2) is 0 Å². The fraction of sp³-hybridized carbons (Fsp3) is 0.400. The first kappa shape index (κ1) is 15.9. The van der Waals surface area contributed by atoms with Gasteiger partial charge in [0.25, 0.3) is 0 Å². The van der Waals surface area contributed by atoms with Crippen LogP contribution in [0.2, 0.25) is 0 Å². The lowest BCUT2D eigenvalue weighted by atomic mass is 9.71. The number of benzene rings is 1. The average Bonchev–Trinajstić information content (AvgIpc) is 3.06. The Kier molecular flexibility index (Phi) is 3.99. The number of fused-ring (bicyclic) bond motifs is 2. The standard InChI is InChI=1S/C20H23NO2S/c1-21-10-7-15(8-11-21)20(22)16-6-4-3-5-14(16)13-18(23-2)19-17(20)9-12-24-19/h3-6,9,12-13,15,22H,7-8,10-11H2,1-2H3/t20-/m0/s1. The normalized spacial score (nSPS) is 24.7. The summed E-state index contributed by atoms with van der Waals surface area (Å²) in [4.78, 5) is 3.39. The van der Waals surface area contributed by atoms with Crippen LogP contribution in [0.15, 0.2) is 35.7 Å². The van der Waals surface area contributed by atoms with Gasteiger partial charge in [0.05, 0.1) is 12.0 Å². The van der Waals surface area contributed by atoms with E-state index in [4.69, 9.17) is 4.74 Å². The van der Waals surface area contributed by atoms with Crippen LogP contribution in [0.1, 0.15) is 34.4 Å². The Morgan fingerprint density at radius 2 is 1.92 bits per heavy atom. The number of piperidine rings is 1. The van der Waals surface area contributed by atoms with Crippen molar-refractivity contribution in [3.8, 4) is 0 Å². The minimum absolute atomic E-state index is 0.216. The first-order valence-corrected chi connectivity index (χ1v) is 9.37. The molecule has 1 aliphatic heterocycles. The molecule has 0 unspecified atom stereocenters. The van der Waals surface area contributed by atoms with Crippen LogP contribution in [0, 0.1) is 5.92 Å². The van der Waals surface area contributed by atoms with Crippen molar-refractivity contribution in [3.05, 3.63) is 57.3 Å². The highest BCUT2D eigenvalue weighted by Gasteiger charge is 2.45. The van der Waals surface area contributed by atoms with Gasteiger partial charge in [-0.25, -0.2) is 0 Å². The molecule has 0 spiro atoms. The first-order valence-electron chi connectivity index (χ1n) is 8.49. The quantitative estimate of drug-likeness (QED) is 0.902. The second-order valence-corrected chi connectivity index (χ2v) is 7.72. The second-order valence-electron chi connectivity index (χ2n) is 6.81. The molecule has 126 valence electrons. The summed E-state index contributed by atoms with van der Waals surface area (Å²) >= 11 is 1.65. The number of likely N-dealkylation sites (tertiary alicyclic amines) is 1. The summed E-state index contributed by atoms with van der Waals surface area (Å²) in [7, 11) is 3.86. The summed E-state index contributed by atoms with van der Waals surface area (Å²) in [5.74, 6) is 1.06. The maximum atomic E-state index is 12.1. The molecule has 1 atom stereocenters. The maximum Gasteiger partial charge on any atom is 0.137 e. The monoisotopic (exact) mass is 341 g/mol. The van der Waals surface area contributed by atoms with Crippen molar-refractivity contribution in [1.82, 2.24) is 4.90 Å². The Bertz CT molecular complexity index is 773. The Morgan fingerprint density at radius 3 is 2.67 bits per heavy atom. The van der Waals surface area contributed by atoms with Gasteiger partial charge in [0.2, 0.25) is 0 Å². The van der Waals surface area contributed by atoms with Crippen molar-refractivity contribution < 1.29 is 9.84 Å². The molecule has 1 aliphatic carbocycles.